The van der Waals surface area contributed by atoms with Crippen LogP contribution in [0.5, 0.6) is 0 Å². The molecule has 5 heteroatoms. The molecule has 0 fully saturated rings. The quantitative estimate of drug-likeness (QED) is 0.412. The van der Waals surface area contributed by atoms with Crippen LogP contribution in [0.3, 0.4) is 0 Å². The lowest BCUT2D eigenvalue weighted by Crippen LogP contribution is -2.53. The number of carbonyl (C=O) groups excluding carboxylic acids is 1. The van der Waals surface area contributed by atoms with E-state index in [1.54, 1.807) is 0 Å². The average Bonchev–Trinajstić information content (AvgIpc) is 2.36. The van der Waals surface area contributed by atoms with Gasteiger partial charge in [0.05, 0.1) is 18.8 Å². The highest BCUT2D eigenvalue weighted by Gasteiger charge is 2.27. The summed E-state index contributed by atoms with van der Waals surface area (Å²) in [5, 5.41) is 21.1. The summed E-state index contributed by atoms with van der Waals surface area (Å²) in [4.78, 5) is 11.6. The Morgan fingerprint density at radius 1 is 1.18 bits per heavy atom. The lowest BCUT2D eigenvalue weighted by Gasteiger charge is -2.29. The fourth-order valence-electron chi connectivity index (χ4n) is 1.58. The minimum absolute atomic E-state index is 0.109. The number of aliphatic hydroxyl groups is 2. The van der Waals surface area contributed by atoms with Gasteiger partial charge >= 0.3 is 0 Å². The van der Waals surface area contributed by atoms with Crippen molar-refractivity contribution >= 4 is 5.91 Å². The Labute approximate surface area is 103 Å². The molecule has 0 aliphatic carbocycles. The summed E-state index contributed by atoms with van der Waals surface area (Å²) < 4.78 is 0. The fraction of sp³-hybridized carbons (Fsp3) is 0.917. The molecule has 0 aliphatic rings. The second-order valence-corrected chi connectivity index (χ2v) is 4.45. The van der Waals surface area contributed by atoms with E-state index in [9.17, 15) is 15.0 Å². The van der Waals surface area contributed by atoms with Crippen molar-refractivity contribution in [2.75, 3.05) is 19.8 Å². The van der Waals surface area contributed by atoms with E-state index in [2.05, 4.69) is 5.32 Å². The molecule has 0 saturated heterocycles. The molecule has 1 amide bonds. The number of hydrogen-bond donors (Lipinski definition) is 4. The number of amides is 1. The van der Waals surface area contributed by atoms with Crippen molar-refractivity contribution in [1.82, 2.24) is 5.32 Å². The Morgan fingerprint density at radius 3 is 2.24 bits per heavy atom. The van der Waals surface area contributed by atoms with Crippen LogP contribution in [0.1, 0.15) is 45.4 Å². The van der Waals surface area contributed by atoms with Gasteiger partial charge in [-0.25, -0.2) is 0 Å². The maximum atomic E-state index is 11.6. The molecule has 0 saturated carbocycles. The topological polar surface area (TPSA) is 95.6 Å². The molecule has 0 aromatic carbocycles. The van der Waals surface area contributed by atoms with Crippen LogP contribution < -0.4 is 11.1 Å². The van der Waals surface area contributed by atoms with Gasteiger partial charge < -0.3 is 21.3 Å². The number of nitrogens with two attached hydrogens (primary N) is 1. The Morgan fingerprint density at radius 2 is 1.76 bits per heavy atom. The first kappa shape index (κ1) is 16.4. The number of carbonyl (C=O) groups is 1. The van der Waals surface area contributed by atoms with Gasteiger partial charge in [-0.15, -0.1) is 0 Å². The van der Waals surface area contributed by atoms with E-state index >= 15 is 0 Å². The van der Waals surface area contributed by atoms with Gasteiger partial charge in [0.25, 0.3) is 0 Å². The molecule has 5 N–H and O–H groups in total. The molecular weight excluding hydrogens is 220 g/mol. The Balaban J connectivity index is 3.83. The summed E-state index contributed by atoms with van der Waals surface area (Å²) in [5.74, 6) is -0.109. The van der Waals surface area contributed by atoms with Gasteiger partial charge in [-0.1, -0.05) is 19.8 Å². The van der Waals surface area contributed by atoms with E-state index in [1.165, 1.54) is 0 Å². The summed E-state index contributed by atoms with van der Waals surface area (Å²) in [6.45, 7) is 2.05. The highest BCUT2D eigenvalue weighted by atomic mass is 16.3. The molecule has 5 nitrogen and oxygen atoms in total. The monoisotopic (exact) mass is 246 g/mol. The van der Waals surface area contributed by atoms with Crippen molar-refractivity contribution < 1.29 is 15.0 Å². The van der Waals surface area contributed by atoms with E-state index in [-0.39, 0.29) is 19.1 Å². The van der Waals surface area contributed by atoms with Gasteiger partial charge in [-0.05, 0) is 25.8 Å². The Hall–Kier alpha value is -0.650. The Bertz CT molecular complexity index is 198. The maximum Gasteiger partial charge on any atom is 0.220 e. The minimum Gasteiger partial charge on any atom is -0.394 e. The van der Waals surface area contributed by atoms with Crippen LogP contribution in [0.15, 0.2) is 0 Å². The van der Waals surface area contributed by atoms with Crippen LogP contribution in [0.25, 0.3) is 0 Å². The molecular formula is C12H26N2O3. The van der Waals surface area contributed by atoms with Gasteiger partial charge in [0, 0.05) is 6.42 Å². The Kier molecular flexibility index (Phi) is 9.03. The first-order valence-corrected chi connectivity index (χ1v) is 6.37. The van der Waals surface area contributed by atoms with Crippen molar-refractivity contribution in [3.63, 3.8) is 0 Å². The zero-order valence-corrected chi connectivity index (χ0v) is 10.7. The molecule has 0 heterocycles. The van der Waals surface area contributed by atoms with Crippen LogP contribution in [0.2, 0.25) is 0 Å². The summed E-state index contributed by atoms with van der Waals surface area (Å²) in [6.07, 6.45) is 4.80. The number of rotatable bonds is 10. The molecule has 0 rings (SSSR count). The molecule has 0 bridgehead atoms. The third-order valence-corrected chi connectivity index (χ3v) is 3.04. The van der Waals surface area contributed by atoms with Crippen molar-refractivity contribution in [2.45, 2.75) is 51.0 Å². The lowest BCUT2D eigenvalue weighted by atomic mass is 9.98. The standard InChI is InChI=1S/C12H26N2O3/c1-2-12(9-15,10-16)14-11(17)7-5-3-4-6-8-13/h15-16H,2-10,13H2,1H3,(H,14,17). The van der Waals surface area contributed by atoms with E-state index in [0.717, 1.165) is 25.7 Å². The van der Waals surface area contributed by atoms with Crippen molar-refractivity contribution in [1.29, 1.82) is 0 Å². The summed E-state index contributed by atoms with van der Waals surface area (Å²) in [7, 11) is 0. The molecule has 17 heavy (non-hydrogen) atoms. The lowest BCUT2D eigenvalue weighted by molar-refractivity contribution is -0.124. The van der Waals surface area contributed by atoms with Crippen LogP contribution in [0, 0.1) is 0 Å². The molecule has 0 aromatic rings. The smallest absolute Gasteiger partial charge is 0.220 e. The number of unbranched alkanes of at least 4 members (excludes halogenated alkanes) is 3. The van der Waals surface area contributed by atoms with E-state index in [0.29, 0.717) is 19.4 Å². The average molecular weight is 246 g/mol. The number of nitrogens with one attached hydrogen (secondary N) is 1. The summed E-state index contributed by atoms with van der Waals surface area (Å²) in [5.41, 5.74) is 4.51. The summed E-state index contributed by atoms with van der Waals surface area (Å²) >= 11 is 0. The van der Waals surface area contributed by atoms with Gasteiger partial charge in [0.1, 0.15) is 0 Å². The van der Waals surface area contributed by atoms with Crippen LogP contribution in [-0.2, 0) is 4.79 Å². The second-order valence-electron chi connectivity index (χ2n) is 4.45. The predicted octanol–water partition coefficient (Wildman–Crippen LogP) is 0.145. The maximum absolute atomic E-state index is 11.6. The molecule has 102 valence electrons. The van der Waals surface area contributed by atoms with Gasteiger partial charge in [0.2, 0.25) is 5.91 Å². The highest BCUT2D eigenvalue weighted by Crippen LogP contribution is 2.10. The molecule has 0 unspecified atom stereocenters. The van der Waals surface area contributed by atoms with Crippen molar-refractivity contribution in [2.24, 2.45) is 5.73 Å². The van der Waals surface area contributed by atoms with Gasteiger partial charge in [0.15, 0.2) is 0 Å². The third-order valence-electron chi connectivity index (χ3n) is 3.04. The van der Waals surface area contributed by atoms with Crippen LogP contribution in [-0.4, -0.2) is 41.4 Å². The van der Waals surface area contributed by atoms with Gasteiger partial charge in [-0.3, -0.25) is 4.79 Å². The minimum atomic E-state index is -0.867. The largest absolute Gasteiger partial charge is 0.394 e. The number of aliphatic hydroxyl groups excluding tert-OH is 2. The normalized spacial score (nSPS) is 11.5. The van der Waals surface area contributed by atoms with Crippen molar-refractivity contribution in [3.8, 4) is 0 Å². The molecule has 0 aliphatic heterocycles. The zero-order chi connectivity index (χ0) is 13.1. The molecule has 0 radical (unpaired) electrons. The molecule has 0 spiro atoms. The molecule has 0 aromatic heterocycles. The second kappa shape index (κ2) is 9.39. The van der Waals surface area contributed by atoms with Crippen LogP contribution in [0.4, 0.5) is 0 Å². The fourth-order valence-corrected chi connectivity index (χ4v) is 1.58. The highest BCUT2D eigenvalue weighted by molar-refractivity contribution is 5.76. The first-order valence-electron chi connectivity index (χ1n) is 6.37. The third kappa shape index (κ3) is 6.61. The predicted molar refractivity (Wildman–Crippen MR) is 67.5 cm³/mol. The van der Waals surface area contributed by atoms with Crippen molar-refractivity contribution in [3.05, 3.63) is 0 Å². The first-order chi connectivity index (χ1) is 8.14. The van der Waals surface area contributed by atoms with Gasteiger partial charge in [-0.2, -0.15) is 0 Å². The van der Waals surface area contributed by atoms with E-state index in [4.69, 9.17) is 5.73 Å². The zero-order valence-electron chi connectivity index (χ0n) is 10.7. The SMILES string of the molecule is CCC(CO)(CO)NC(=O)CCCCCCN. The molecule has 0 atom stereocenters. The summed E-state index contributed by atoms with van der Waals surface area (Å²) in [6, 6.07) is 0. The van der Waals surface area contributed by atoms with Crippen LogP contribution >= 0.6 is 0 Å². The van der Waals surface area contributed by atoms with E-state index in [1.807, 2.05) is 6.92 Å². The van der Waals surface area contributed by atoms with E-state index < -0.39 is 5.54 Å². The number of hydrogen-bond acceptors (Lipinski definition) is 4.